The number of halogens is 1. The Bertz CT molecular complexity index is 1200. The van der Waals surface area contributed by atoms with E-state index >= 15 is 4.39 Å². The first kappa shape index (κ1) is 25.6. The standard InChI is InChI=1S/C30H34FN3O2/c1-5-16-34-27-18-26(31)22(17-25(27)21(2)19-29(34,3)4)20-32-33-28(35)30(36,23-12-8-6-9-13-23)24-14-10-7-11-15-24/h6-15,17-18,20-21,36H,5,16,19H2,1-4H3,(H,33,35)/b32-20-. The molecule has 36 heavy (non-hydrogen) atoms. The number of nitrogens with zero attached hydrogens (tertiary/aromatic N) is 2. The first-order chi connectivity index (χ1) is 17.2. The lowest BCUT2D eigenvalue weighted by Crippen LogP contribution is -2.48. The maximum Gasteiger partial charge on any atom is 0.281 e. The SMILES string of the molecule is CCCN1c2cc(F)c(/C=N\NC(=O)C(O)(c3ccccc3)c3ccccc3)cc2C(C)CC1(C)C. The second kappa shape index (κ2) is 10.2. The van der Waals surface area contributed by atoms with Crippen molar-refractivity contribution in [2.45, 2.75) is 57.6 Å². The van der Waals surface area contributed by atoms with Crippen LogP contribution in [0.1, 0.15) is 68.7 Å². The lowest BCUT2D eigenvalue weighted by molar-refractivity contribution is -0.136. The normalized spacial score (nSPS) is 17.2. The predicted octanol–water partition coefficient (Wildman–Crippen LogP) is 5.71. The van der Waals surface area contributed by atoms with Crippen molar-refractivity contribution in [3.05, 3.63) is 101 Å². The van der Waals surface area contributed by atoms with Crippen LogP contribution in [0.15, 0.2) is 77.9 Å². The molecule has 188 valence electrons. The fourth-order valence-electron chi connectivity index (χ4n) is 5.30. The molecule has 1 amide bonds. The zero-order chi connectivity index (χ0) is 25.9. The van der Waals surface area contributed by atoms with Crippen molar-refractivity contribution in [1.82, 2.24) is 5.43 Å². The third-order valence-corrected chi connectivity index (χ3v) is 7.03. The smallest absolute Gasteiger partial charge is 0.281 e. The first-order valence-corrected chi connectivity index (χ1v) is 12.5. The number of anilines is 1. The van der Waals surface area contributed by atoms with Gasteiger partial charge in [0.15, 0.2) is 5.60 Å². The van der Waals surface area contributed by atoms with E-state index in [1.54, 1.807) is 54.6 Å². The third kappa shape index (κ3) is 4.78. The summed E-state index contributed by atoms with van der Waals surface area (Å²) in [5.74, 6) is -0.871. The van der Waals surface area contributed by atoms with Crippen molar-refractivity contribution in [2.24, 2.45) is 5.10 Å². The van der Waals surface area contributed by atoms with Gasteiger partial charge in [0.2, 0.25) is 0 Å². The minimum absolute atomic E-state index is 0.0578. The number of rotatable bonds is 7. The lowest BCUT2D eigenvalue weighted by atomic mass is 9.79. The van der Waals surface area contributed by atoms with Gasteiger partial charge in [-0.1, -0.05) is 74.5 Å². The van der Waals surface area contributed by atoms with Crippen LogP contribution in [0.4, 0.5) is 10.1 Å². The fourth-order valence-corrected chi connectivity index (χ4v) is 5.30. The Hall–Kier alpha value is -3.51. The number of hydrazone groups is 1. The molecule has 0 radical (unpaired) electrons. The number of benzene rings is 3. The molecule has 1 heterocycles. The number of amides is 1. The summed E-state index contributed by atoms with van der Waals surface area (Å²) < 4.78 is 15.2. The molecule has 5 nitrogen and oxygen atoms in total. The van der Waals surface area contributed by atoms with Gasteiger partial charge in [-0.2, -0.15) is 5.10 Å². The van der Waals surface area contributed by atoms with Gasteiger partial charge in [0.25, 0.3) is 5.91 Å². The minimum atomic E-state index is -1.95. The van der Waals surface area contributed by atoms with Crippen LogP contribution in [0.2, 0.25) is 0 Å². The zero-order valence-corrected chi connectivity index (χ0v) is 21.3. The average molecular weight is 488 g/mol. The highest BCUT2D eigenvalue weighted by atomic mass is 19.1. The Kier molecular flexibility index (Phi) is 7.27. The Labute approximate surface area is 212 Å². The van der Waals surface area contributed by atoms with E-state index in [-0.39, 0.29) is 11.5 Å². The van der Waals surface area contributed by atoms with Crippen LogP contribution in [0.5, 0.6) is 0 Å². The summed E-state index contributed by atoms with van der Waals surface area (Å²) in [5.41, 5.74) is 3.53. The van der Waals surface area contributed by atoms with E-state index in [4.69, 9.17) is 0 Å². The summed E-state index contributed by atoms with van der Waals surface area (Å²) in [4.78, 5) is 15.5. The van der Waals surface area contributed by atoms with E-state index < -0.39 is 17.3 Å². The summed E-state index contributed by atoms with van der Waals surface area (Å²) in [6.45, 7) is 9.54. The summed E-state index contributed by atoms with van der Waals surface area (Å²) in [6.07, 6.45) is 3.24. The van der Waals surface area contributed by atoms with Gasteiger partial charge in [-0.05, 0) is 61.4 Å². The molecule has 1 unspecified atom stereocenters. The molecule has 1 atom stereocenters. The Morgan fingerprint density at radius 3 is 2.28 bits per heavy atom. The molecule has 1 aliphatic heterocycles. The molecule has 0 fully saturated rings. The van der Waals surface area contributed by atoms with Gasteiger partial charge in [0.05, 0.1) is 6.21 Å². The van der Waals surface area contributed by atoms with Gasteiger partial charge in [0.1, 0.15) is 5.82 Å². The van der Waals surface area contributed by atoms with E-state index in [0.717, 1.165) is 30.6 Å². The van der Waals surface area contributed by atoms with Crippen molar-refractivity contribution in [3.63, 3.8) is 0 Å². The molecule has 0 saturated heterocycles. The number of nitrogens with one attached hydrogen (secondary N) is 1. The average Bonchev–Trinajstić information content (AvgIpc) is 2.87. The molecule has 2 N–H and O–H groups in total. The number of carbonyl (C=O) groups excluding carboxylic acids is 1. The second-order valence-corrected chi connectivity index (χ2v) is 10.1. The summed E-state index contributed by atoms with van der Waals surface area (Å²) in [7, 11) is 0. The molecule has 0 spiro atoms. The van der Waals surface area contributed by atoms with E-state index in [1.807, 2.05) is 18.2 Å². The lowest BCUT2D eigenvalue weighted by Gasteiger charge is -2.47. The summed E-state index contributed by atoms with van der Waals surface area (Å²) in [6, 6.07) is 20.8. The molecular weight excluding hydrogens is 453 g/mol. The molecular formula is C30H34FN3O2. The number of aliphatic hydroxyl groups is 1. The molecule has 0 saturated carbocycles. The fraction of sp³-hybridized carbons (Fsp3) is 0.333. The Morgan fingerprint density at radius 1 is 1.14 bits per heavy atom. The van der Waals surface area contributed by atoms with Crippen molar-refractivity contribution in [3.8, 4) is 0 Å². The Balaban J connectivity index is 1.62. The van der Waals surface area contributed by atoms with Crippen LogP contribution in [0, 0.1) is 5.82 Å². The monoisotopic (exact) mass is 487 g/mol. The van der Waals surface area contributed by atoms with Gasteiger partial charge in [-0.25, -0.2) is 9.82 Å². The van der Waals surface area contributed by atoms with Gasteiger partial charge in [-0.3, -0.25) is 4.79 Å². The number of fused-ring (bicyclic) bond motifs is 1. The molecule has 0 bridgehead atoms. The van der Waals surface area contributed by atoms with Crippen molar-refractivity contribution in [2.75, 3.05) is 11.4 Å². The number of hydrogen-bond acceptors (Lipinski definition) is 4. The van der Waals surface area contributed by atoms with Crippen molar-refractivity contribution >= 4 is 17.8 Å². The van der Waals surface area contributed by atoms with Crippen LogP contribution in [-0.4, -0.2) is 29.3 Å². The highest BCUT2D eigenvalue weighted by Gasteiger charge is 2.40. The number of hydrogen-bond donors (Lipinski definition) is 2. The maximum absolute atomic E-state index is 15.2. The van der Waals surface area contributed by atoms with Gasteiger partial charge < -0.3 is 10.0 Å². The first-order valence-electron chi connectivity index (χ1n) is 12.5. The Morgan fingerprint density at radius 2 is 1.72 bits per heavy atom. The van der Waals surface area contributed by atoms with Crippen LogP contribution < -0.4 is 10.3 Å². The van der Waals surface area contributed by atoms with Crippen LogP contribution >= 0.6 is 0 Å². The van der Waals surface area contributed by atoms with E-state index in [0.29, 0.717) is 16.7 Å². The molecule has 3 aromatic rings. The molecule has 4 rings (SSSR count). The minimum Gasteiger partial charge on any atom is -0.372 e. The van der Waals surface area contributed by atoms with Gasteiger partial charge in [0, 0.05) is 23.3 Å². The maximum atomic E-state index is 15.2. The van der Waals surface area contributed by atoms with E-state index in [9.17, 15) is 9.90 Å². The molecule has 0 aliphatic carbocycles. The zero-order valence-electron chi connectivity index (χ0n) is 21.3. The van der Waals surface area contributed by atoms with Gasteiger partial charge >= 0.3 is 0 Å². The van der Waals surface area contributed by atoms with Gasteiger partial charge in [-0.15, -0.1) is 0 Å². The highest BCUT2D eigenvalue weighted by molar-refractivity contribution is 5.91. The summed E-state index contributed by atoms with van der Waals surface area (Å²) in [5, 5.41) is 15.6. The summed E-state index contributed by atoms with van der Waals surface area (Å²) >= 11 is 0. The number of carbonyl (C=O) groups is 1. The molecule has 0 aromatic heterocycles. The van der Waals surface area contributed by atoms with Crippen molar-refractivity contribution in [1.29, 1.82) is 0 Å². The molecule has 3 aromatic carbocycles. The predicted molar refractivity (Wildman–Crippen MR) is 143 cm³/mol. The van der Waals surface area contributed by atoms with Crippen LogP contribution in [0.3, 0.4) is 0 Å². The quantitative estimate of drug-likeness (QED) is 0.331. The van der Waals surface area contributed by atoms with E-state index in [1.165, 1.54) is 6.21 Å². The topological polar surface area (TPSA) is 64.9 Å². The van der Waals surface area contributed by atoms with Crippen LogP contribution in [-0.2, 0) is 10.4 Å². The largest absolute Gasteiger partial charge is 0.372 e. The molecule has 1 aliphatic rings. The third-order valence-electron chi connectivity index (χ3n) is 7.03. The van der Waals surface area contributed by atoms with Crippen LogP contribution in [0.25, 0.3) is 0 Å². The van der Waals surface area contributed by atoms with E-state index in [2.05, 4.69) is 43.1 Å². The highest BCUT2D eigenvalue weighted by Crippen LogP contribution is 2.44. The second-order valence-electron chi connectivity index (χ2n) is 10.1. The van der Waals surface area contributed by atoms with Crippen molar-refractivity contribution < 1.29 is 14.3 Å². The molecule has 6 heteroatoms.